The van der Waals surface area contributed by atoms with E-state index in [4.69, 9.17) is 10.6 Å². The molecule has 0 fully saturated rings. The van der Waals surface area contributed by atoms with Crippen molar-refractivity contribution in [2.75, 3.05) is 23.5 Å². The summed E-state index contributed by atoms with van der Waals surface area (Å²) >= 11 is 0. The number of fused-ring (bicyclic) bond motifs is 1. The van der Waals surface area contributed by atoms with Gasteiger partial charge in [-0.25, -0.2) is 0 Å². The molecule has 0 aliphatic carbocycles. The number of anilines is 2. The lowest BCUT2D eigenvalue weighted by Crippen LogP contribution is -2.32. The number of pyridine rings is 1. The third kappa shape index (κ3) is 2.53. The van der Waals surface area contributed by atoms with Crippen LogP contribution < -0.4 is 20.9 Å². The number of hydrazine groups is 1. The lowest BCUT2D eigenvalue weighted by atomic mass is 10.1. The molecule has 1 aliphatic rings. The Morgan fingerprint density at radius 1 is 1.33 bits per heavy atom. The van der Waals surface area contributed by atoms with Crippen molar-refractivity contribution in [3.8, 4) is 5.75 Å². The normalized spacial score (nSPS) is 13.9. The van der Waals surface area contributed by atoms with Crippen LogP contribution in [0.4, 0.5) is 11.4 Å². The van der Waals surface area contributed by atoms with E-state index < -0.39 is 0 Å². The number of rotatable bonds is 2. The molecular formula is C15H16N4O2. The number of hydrogen-bond acceptors (Lipinski definition) is 5. The van der Waals surface area contributed by atoms with Gasteiger partial charge < -0.3 is 15.1 Å². The van der Waals surface area contributed by atoms with Gasteiger partial charge in [-0.3, -0.25) is 15.6 Å². The van der Waals surface area contributed by atoms with Crippen LogP contribution in [0.15, 0.2) is 42.7 Å². The number of carbonyl (C=O) groups is 1. The largest absolute Gasteiger partial charge is 0.491 e. The maximum atomic E-state index is 12.8. The zero-order chi connectivity index (χ0) is 14.7. The summed E-state index contributed by atoms with van der Waals surface area (Å²) in [7, 11) is 0. The molecular weight excluding hydrogens is 268 g/mol. The predicted octanol–water partition coefficient (Wildman–Crippen LogP) is 1.80. The molecule has 108 valence electrons. The first-order valence-electron chi connectivity index (χ1n) is 6.75. The molecule has 3 N–H and O–H groups in total. The van der Waals surface area contributed by atoms with Crippen molar-refractivity contribution in [2.24, 2.45) is 5.84 Å². The third-order valence-electron chi connectivity index (χ3n) is 3.39. The molecule has 0 unspecified atom stereocenters. The Hall–Kier alpha value is -2.60. The molecule has 1 aromatic carbocycles. The van der Waals surface area contributed by atoms with Gasteiger partial charge in [-0.1, -0.05) is 12.1 Å². The zero-order valence-corrected chi connectivity index (χ0v) is 11.5. The molecule has 0 atom stereocenters. The highest BCUT2D eigenvalue weighted by Crippen LogP contribution is 2.32. The molecule has 0 spiro atoms. The van der Waals surface area contributed by atoms with Crippen molar-refractivity contribution in [1.29, 1.82) is 0 Å². The van der Waals surface area contributed by atoms with Gasteiger partial charge in [0.1, 0.15) is 5.75 Å². The lowest BCUT2D eigenvalue weighted by Gasteiger charge is -2.22. The fraction of sp³-hybridized carbons (Fsp3) is 0.200. The maximum Gasteiger partial charge on any atom is 0.260 e. The van der Waals surface area contributed by atoms with Gasteiger partial charge >= 0.3 is 0 Å². The van der Waals surface area contributed by atoms with E-state index in [0.717, 1.165) is 17.9 Å². The Labute approximate surface area is 122 Å². The number of nitrogen functional groups attached to an aromatic ring is 1. The number of hydrogen-bond donors (Lipinski definition) is 2. The average molecular weight is 284 g/mol. The van der Waals surface area contributed by atoms with E-state index in [9.17, 15) is 4.79 Å². The number of carbonyl (C=O) groups excluding carboxylic acids is 1. The van der Waals surface area contributed by atoms with E-state index in [1.54, 1.807) is 17.2 Å². The predicted molar refractivity (Wildman–Crippen MR) is 80.3 cm³/mol. The van der Waals surface area contributed by atoms with Gasteiger partial charge in [-0.2, -0.15) is 0 Å². The molecule has 2 aromatic rings. The number of nitrogens with two attached hydrogens (primary N) is 1. The molecule has 0 saturated carbocycles. The van der Waals surface area contributed by atoms with Gasteiger partial charge in [0.15, 0.2) is 0 Å². The van der Waals surface area contributed by atoms with E-state index in [1.165, 1.54) is 6.20 Å². The first-order chi connectivity index (χ1) is 10.3. The van der Waals surface area contributed by atoms with Crippen LogP contribution in [0, 0.1) is 0 Å². The summed E-state index contributed by atoms with van der Waals surface area (Å²) in [5.74, 6) is 6.06. The quantitative estimate of drug-likeness (QED) is 0.649. The minimum atomic E-state index is -0.122. The van der Waals surface area contributed by atoms with Crippen LogP contribution in [0.5, 0.6) is 5.75 Å². The number of nitrogens with one attached hydrogen (secondary N) is 1. The van der Waals surface area contributed by atoms with Crippen LogP contribution >= 0.6 is 0 Å². The van der Waals surface area contributed by atoms with Gasteiger partial charge in [-0.05, 0) is 24.6 Å². The van der Waals surface area contributed by atoms with E-state index in [-0.39, 0.29) is 5.91 Å². The number of nitrogens with zero attached hydrogens (tertiary/aromatic N) is 2. The van der Waals surface area contributed by atoms with Crippen molar-refractivity contribution in [3.05, 3.63) is 48.3 Å². The van der Waals surface area contributed by atoms with E-state index in [1.807, 2.05) is 24.3 Å². The average Bonchev–Trinajstić information content (AvgIpc) is 2.76. The second kappa shape index (κ2) is 5.80. The molecule has 0 bridgehead atoms. The Morgan fingerprint density at radius 2 is 2.19 bits per heavy atom. The Morgan fingerprint density at radius 3 is 3.05 bits per heavy atom. The number of ether oxygens (including phenoxy) is 1. The third-order valence-corrected chi connectivity index (χ3v) is 3.39. The smallest absolute Gasteiger partial charge is 0.260 e. The summed E-state index contributed by atoms with van der Waals surface area (Å²) in [6, 6.07) is 9.20. The lowest BCUT2D eigenvalue weighted by molar-refractivity contribution is 0.0988. The van der Waals surface area contributed by atoms with Crippen LogP contribution in [-0.2, 0) is 0 Å². The molecule has 21 heavy (non-hydrogen) atoms. The monoisotopic (exact) mass is 284 g/mol. The standard InChI is InChI=1S/C15H16N4O2/c16-18-12-10-17-7-6-11(12)15(20)19-8-3-9-21-14-5-2-1-4-13(14)19/h1-2,4-7,10,18H,3,8-9,16H2. The highest BCUT2D eigenvalue weighted by molar-refractivity contribution is 6.10. The summed E-state index contributed by atoms with van der Waals surface area (Å²) in [6.45, 7) is 1.20. The molecule has 0 radical (unpaired) electrons. The fourth-order valence-electron chi connectivity index (χ4n) is 2.38. The highest BCUT2D eigenvalue weighted by Gasteiger charge is 2.24. The molecule has 6 nitrogen and oxygen atoms in total. The number of para-hydroxylation sites is 2. The van der Waals surface area contributed by atoms with Gasteiger partial charge in [0.05, 0.1) is 29.7 Å². The second-order valence-electron chi connectivity index (χ2n) is 4.69. The van der Waals surface area contributed by atoms with Crippen LogP contribution in [0.2, 0.25) is 0 Å². The summed E-state index contributed by atoms with van der Waals surface area (Å²) in [6.07, 6.45) is 3.89. The summed E-state index contributed by atoms with van der Waals surface area (Å²) in [5, 5.41) is 0. The summed E-state index contributed by atoms with van der Waals surface area (Å²) in [5.41, 5.74) is 4.29. The Balaban J connectivity index is 2.01. The summed E-state index contributed by atoms with van der Waals surface area (Å²) < 4.78 is 5.67. The summed E-state index contributed by atoms with van der Waals surface area (Å²) in [4.78, 5) is 18.5. The maximum absolute atomic E-state index is 12.8. The van der Waals surface area contributed by atoms with Gasteiger partial charge in [-0.15, -0.1) is 0 Å². The zero-order valence-electron chi connectivity index (χ0n) is 11.5. The number of amides is 1. The first-order valence-corrected chi connectivity index (χ1v) is 6.75. The van der Waals surface area contributed by atoms with E-state index >= 15 is 0 Å². The molecule has 3 rings (SSSR count). The number of aromatic nitrogens is 1. The SMILES string of the molecule is NNc1cnccc1C(=O)N1CCCOc2ccccc21. The molecule has 1 aliphatic heterocycles. The molecule has 6 heteroatoms. The Bertz CT molecular complexity index is 660. The molecule has 1 aromatic heterocycles. The van der Waals surface area contributed by atoms with Gasteiger partial charge in [0, 0.05) is 12.7 Å². The van der Waals surface area contributed by atoms with E-state index in [2.05, 4.69) is 10.4 Å². The van der Waals surface area contributed by atoms with Crippen molar-refractivity contribution in [1.82, 2.24) is 4.98 Å². The van der Waals surface area contributed by atoms with Gasteiger partial charge in [0.25, 0.3) is 5.91 Å². The van der Waals surface area contributed by atoms with Crippen molar-refractivity contribution < 1.29 is 9.53 Å². The molecule has 1 amide bonds. The first kappa shape index (κ1) is 13.4. The van der Waals surface area contributed by atoms with E-state index in [0.29, 0.717) is 24.4 Å². The second-order valence-corrected chi connectivity index (χ2v) is 4.69. The van der Waals surface area contributed by atoms with Crippen LogP contribution in [0.25, 0.3) is 0 Å². The van der Waals surface area contributed by atoms with Crippen LogP contribution in [0.3, 0.4) is 0 Å². The Kier molecular flexibility index (Phi) is 3.70. The molecule has 0 saturated heterocycles. The van der Waals surface area contributed by atoms with Crippen molar-refractivity contribution in [2.45, 2.75) is 6.42 Å². The molecule has 2 heterocycles. The fourth-order valence-corrected chi connectivity index (χ4v) is 2.38. The topological polar surface area (TPSA) is 80.5 Å². The minimum absolute atomic E-state index is 0.122. The van der Waals surface area contributed by atoms with Crippen molar-refractivity contribution >= 4 is 17.3 Å². The van der Waals surface area contributed by atoms with Crippen LogP contribution in [0.1, 0.15) is 16.8 Å². The van der Waals surface area contributed by atoms with Crippen LogP contribution in [-0.4, -0.2) is 24.0 Å². The van der Waals surface area contributed by atoms with Crippen molar-refractivity contribution in [3.63, 3.8) is 0 Å². The highest BCUT2D eigenvalue weighted by atomic mass is 16.5. The van der Waals surface area contributed by atoms with Gasteiger partial charge in [0.2, 0.25) is 0 Å². The number of benzene rings is 1. The minimum Gasteiger partial charge on any atom is -0.491 e.